The van der Waals surface area contributed by atoms with Crippen LogP contribution in [-0.4, -0.2) is 45.6 Å². The first-order chi connectivity index (χ1) is 9.47. The number of likely N-dealkylation sites (N-methyl/N-ethyl adjacent to an activating group) is 1. The Bertz CT molecular complexity index is 500. The lowest BCUT2D eigenvalue weighted by Crippen LogP contribution is -2.40. The van der Waals surface area contributed by atoms with E-state index in [0.29, 0.717) is 24.6 Å². The molecule has 0 bridgehead atoms. The summed E-state index contributed by atoms with van der Waals surface area (Å²) in [7, 11) is -1.91. The van der Waals surface area contributed by atoms with Gasteiger partial charge in [-0.25, -0.2) is 8.42 Å². The Kier molecular flexibility index (Phi) is 6.61. The predicted octanol–water partition coefficient (Wildman–Crippen LogP) is 1.23. The van der Waals surface area contributed by atoms with Crippen molar-refractivity contribution in [3.8, 4) is 0 Å². The van der Waals surface area contributed by atoms with Crippen LogP contribution < -0.4 is 5.73 Å². The second-order valence-electron chi connectivity index (χ2n) is 4.70. The first-order valence-corrected chi connectivity index (χ1v) is 8.21. The van der Waals surface area contributed by atoms with Crippen molar-refractivity contribution in [1.29, 1.82) is 0 Å². The van der Waals surface area contributed by atoms with Crippen LogP contribution >= 0.6 is 0 Å². The van der Waals surface area contributed by atoms with Gasteiger partial charge in [0, 0.05) is 19.7 Å². The molecule has 0 spiro atoms. The molecule has 2 N–H and O–H groups in total. The third-order valence-electron chi connectivity index (χ3n) is 3.17. The molecule has 0 aromatic heterocycles. The molecule has 0 aliphatic carbocycles. The highest BCUT2D eigenvalue weighted by Crippen LogP contribution is 2.19. The number of nitrogens with zero attached hydrogens (tertiary/aromatic N) is 1. The van der Waals surface area contributed by atoms with Gasteiger partial charge in [0.2, 0.25) is 10.0 Å². The van der Waals surface area contributed by atoms with E-state index in [1.807, 2.05) is 26.0 Å². The van der Waals surface area contributed by atoms with Crippen LogP contribution in [0.5, 0.6) is 0 Å². The molecule has 1 rings (SSSR count). The van der Waals surface area contributed by atoms with Gasteiger partial charge in [-0.3, -0.25) is 0 Å². The Morgan fingerprint density at radius 1 is 1.30 bits per heavy atom. The van der Waals surface area contributed by atoms with Crippen LogP contribution in [-0.2, 0) is 21.2 Å². The predicted molar refractivity (Wildman–Crippen MR) is 80.1 cm³/mol. The molecule has 0 fully saturated rings. The molecule has 6 heteroatoms. The molecule has 0 radical (unpaired) electrons. The lowest BCUT2D eigenvalue weighted by atomic mass is 10.2. The summed E-state index contributed by atoms with van der Waals surface area (Å²) in [6.07, 6.45) is 0.748. The number of nitrogens with two attached hydrogens (primary N) is 1. The standard InChI is InChI=1S/C14H24N2O3S/c1-4-16(12(2)11-19-3)20(17,18)14-7-5-13(6-8-14)9-10-15/h5-8,12H,4,9-11,15H2,1-3H3. The van der Waals surface area contributed by atoms with Gasteiger partial charge in [0.05, 0.1) is 11.5 Å². The van der Waals surface area contributed by atoms with Crippen LogP contribution in [0.4, 0.5) is 0 Å². The van der Waals surface area contributed by atoms with Gasteiger partial charge < -0.3 is 10.5 Å². The van der Waals surface area contributed by atoms with E-state index < -0.39 is 10.0 Å². The van der Waals surface area contributed by atoms with Gasteiger partial charge >= 0.3 is 0 Å². The number of ether oxygens (including phenoxy) is 1. The maximum Gasteiger partial charge on any atom is 0.243 e. The van der Waals surface area contributed by atoms with Crippen molar-refractivity contribution in [2.45, 2.75) is 31.2 Å². The van der Waals surface area contributed by atoms with Gasteiger partial charge in [-0.05, 0) is 37.6 Å². The molecule has 5 nitrogen and oxygen atoms in total. The van der Waals surface area contributed by atoms with E-state index in [1.54, 1.807) is 19.2 Å². The second-order valence-corrected chi connectivity index (χ2v) is 6.59. The molecule has 114 valence electrons. The van der Waals surface area contributed by atoms with Gasteiger partial charge in [0.25, 0.3) is 0 Å². The molecule has 0 saturated heterocycles. The highest BCUT2D eigenvalue weighted by Gasteiger charge is 2.27. The first-order valence-electron chi connectivity index (χ1n) is 6.77. The summed E-state index contributed by atoms with van der Waals surface area (Å²) < 4.78 is 31.7. The van der Waals surface area contributed by atoms with Crippen LogP contribution in [0.2, 0.25) is 0 Å². The maximum atomic E-state index is 12.6. The Hall–Kier alpha value is -0.950. The first kappa shape index (κ1) is 17.1. The molecule has 1 aromatic carbocycles. The van der Waals surface area contributed by atoms with E-state index in [2.05, 4.69) is 0 Å². The summed E-state index contributed by atoms with van der Waals surface area (Å²) in [5, 5.41) is 0. The summed E-state index contributed by atoms with van der Waals surface area (Å²) in [6.45, 7) is 5.01. The molecule has 0 saturated carbocycles. The molecule has 0 aliphatic heterocycles. The van der Waals surface area contributed by atoms with Crippen molar-refractivity contribution in [3.05, 3.63) is 29.8 Å². The van der Waals surface area contributed by atoms with E-state index in [9.17, 15) is 8.42 Å². The van der Waals surface area contributed by atoms with Crippen LogP contribution in [0.15, 0.2) is 29.2 Å². The van der Waals surface area contributed by atoms with E-state index >= 15 is 0 Å². The average molecular weight is 300 g/mol. The van der Waals surface area contributed by atoms with Gasteiger partial charge in [-0.15, -0.1) is 0 Å². The molecule has 1 aromatic rings. The van der Waals surface area contributed by atoms with Gasteiger partial charge in [-0.2, -0.15) is 4.31 Å². The average Bonchev–Trinajstić information content (AvgIpc) is 2.40. The minimum Gasteiger partial charge on any atom is -0.383 e. The zero-order chi connectivity index (χ0) is 15.2. The summed E-state index contributed by atoms with van der Waals surface area (Å²) in [5.41, 5.74) is 6.53. The third kappa shape index (κ3) is 4.02. The van der Waals surface area contributed by atoms with Crippen LogP contribution in [0.3, 0.4) is 0 Å². The normalized spacial score (nSPS) is 13.7. The quantitative estimate of drug-likeness (QED) is 0.784. The zero-order valence-electron chi connectivity index (χ0n) is 12.4. The topological polar surface area (TPSA) is 72.6 Å². The van der Waals surface area contributed by atoms with Crippen molar-refractivity contribution >= 4 is 10.0 Å². The third-order valence-corrected chi connectivity index (χ3v) is 5.28. The highest BCUT2D eigenvalue weighted by atomic mass is 32.2. The molecular formula is C14H24N2O3S. The van der Waals surface area contributed by atoms with Gasteiger partial charge in [-0.1, -0.05) is 19.1 Å². The van der Waals surface area contributed by atoms with Crippen LogP contribution in [0.1, 0.15) is 19.4 Å². The Balaban J connectivity index is 3.01. The number of methoxy groups -OCH3 is 1. The largest absolute Gasteiger partial charge is 0.383 e. The summed E-state index contributed by atoms with van der Waals surface area (Å²) >= 11 is 0. The van der Waals surface area contributed by atoms with Crippen molar-refractivity contribution in [3.63, 3.8) is 0 Å². The fourth-order valence-electron chi connectivity index (χ4n) is 2.17. The molecule has 20 heavy (non-hydrogen) atoms. The van der Waals surface area contributed by atoms with Gasteiger partial charge in [0.15, 0.2) is 0 Å². The van der Waals surface area contributed by atoms with Crippen molar-refractivity contribution in [2.24, 2.45) is 5.73 Å². The molecule has 0 heterocycles. The van der Waals surface area contributed by atoms with E-state index in [4.69, 9.17) is 10.5 Å². The fraction of sp³-hybridized carbons (Fsp3) is 0.571. The number of benzene rings is 1. The second kappa shape index (κ2) is 7.73. The van der Waals surface area contributed by atoms with Crippen LogP contribution in [0.25, 0.3) is 0 Å². The maximum absolute atomic E-state index is 12.6. The summed E-state index contributed by atoms with van der Waals surface area (Å²) in [5.74, 6) is 0. The lowest BCUT2D eigenvalue weighted by molar-refractivity contribution is 0.142. The highest BCUT2D eigenvalue weighted by molar-refractivity contribution is 7.89. The van der Waals surface area contributed by atoms with E-state index in [1.165, 1.54) is 4.31 Å². The minimum absolute atomic E-state index is 0.196. The van der Waals surface area contributed by atoms with Crippen molar-refractivity contribution in [2.75, 3.05) is 26.8 Å². The molecule has 1 atom stereocenters. The Labute approximate surface area is 121 Å². The zero-order valence-corrected chi connectivity index (χ0v) is 13.2. The van der Waals surface area contributed by atoms with E-state index in [-0.39, 0.29) is 6.04 Å². The number of rotatable bonds is 8. The number of hydrogen-bond donors (Lipinski definition) is 1. The molecule has 0 aliphatic rings. The fourth-order valence-corrected chi connectivity index (χ4v) is 3.80. The monoisotopic (exact) mass is 300 g/mol. The minimum atomic E-state index is -3.48. The summed E-state index contributed by atoms with van der Waals surface area (Å²) in [6, 6.07) is 6.72. The SMILES string of the molecule is CCN(C(C)COC)S(=O)(=O)c1ccc(CCN)cc1. The van der Waals surface area contributed by atoms with Crippen LogP contribution in [0, 0.1) is 0 Å². The van der Waals surface area contributed by atoms with Gasteiger partial charge in [0.1, 0.15) is 0 Å². The van der Waals surface area contributed by atoms with Crippen molar-refractivity contribution in [1.82, 2.24) is 4.31 Å². The smallest absolute Gasteiger partial charge is 0.243 e. The number of sulfonamides is 1. The molecule has 0 amide bonds. The Morgan fingerprint density at radius 2 is 1.90 bits per heavy atom. The summed E-state index contributed by atoms with van der Waals surface area (Å²) in [4.78, 5) is 0.308. The lowest BCUT2D eigenvalue weighted by Gasteiger charge is -2.26. The van der Waals surface area contributed by atoms with Crippen molar-refractivity contribution < 1.29 is 13.2 Å². The molecule has 1 unspecified atom stereocenters. The van der Waals surface area contributed by atoms with E-state index in [0.717, 1.165) is 12.0 Å². The number of hydrogen-bond acceptors (Lipinski definition) is 4. The molecular weight excluding hydrogens is 276 g/mol. The Morgan fingerprint density at radius 3 is 2.35 bits per heavy atom.